The number of rotatable bonds is 3. The topological polar surface area (TPSA) is 61.6 Å². The zero-order valence-corrected chi connectivity index (χ0v) is 9.58. The van der Waals surface area contributed by atoms with Crippen LogP contribution in [-0.4, -0.2) is 9.97 Å². The molecular weight excluding hydrogens is 220 g/mol. The van der Waals surface area contributed by atoms with E-state index in [1.54, 1.807) is 29.0 Å². The van der Waals surface area contributed by atoms with Crippen LogP contribution in [0, 0.1) is 18.3 Å². The molecule has 0 saturated heterocycles. The predicted molar refractivity (Wildman–Crippen MR) is 63.1 cm³/mol. The van der Waals surface area contributed by atoms with Gasteiger partial charge >= 0.3 is 0 Å². The standard InChI is InChI=1S/C11H10N4S/c1-8-2-9(4-12)3-11(15-8)14-6-10-5-13-7-16-10/h2-3,5,7H,6H2,1H3,(H,14,15). The normalized spacial score (nSPS) is 9.75. The molecule has 2 rings (SSSR count). The molecule has 0 amide bonds. The van der Waals surface area contributed by atoms with Crippen LogP contribution >= 0.6 is 11.3 Å². The van der Waals surface area contributed by atoms with Crippen molar-refractivity contribution in [1.82, 2.24) is 9.97 Å². The average Bonchev–Trinajstić information content (AvgIpc) is 2.78. The molecule has 4 nitrogen and oxygen atoms in total. The molecule has 0 fully saturated rings. The summed E-state index contributed by atoms with van der Waals surface area (Å²) >= 11 is 1.59. The van der Waals surface area contributed by atoms with Gasteiger partial charge in [0, 0.05) is 16.8 Å². The highest BCUT2D eigenvalue weighted by Gasteiger charge is 2.00. The van der Waals surface area contributed by atoms with E-state index in [1.165, 1.54) is 0 Å². The van der Waals surface area contributed by atoms with Gasteiger partial charge in [-0.15, -0.1) is 11.3 Å². The minimum atomic E-state index is 0.624. The third-order valence-corrected chi connectivity index (χ3v) is 2.79. The summed E-state index contributed by atoms with van der Waals surface area (Å²) in [4.78, 5) is 9.44. The van der Waals surface area contributed by atoms with Gasteiger partial charge in [-0.3, -0.25) is 4.98 Å². The summed E-state index contributed by atoms with van der Waals surface area (Å²) in [6.45, 7) is 2.56. The van der Waals surface area contributed by atoms with Crippen molar-refractivity contribution in [2.24, 2.45) is 0 Å². The summed E-state index contributed by atoms with van der Waals surface area (Å²) in [7, 11) is 0. The van der Waals surface area contributed by atoms with Gasteiger partial charge in [0.25, 0.3) is 0 Å². The molecule has 5 heteroatoms. The number of thiazole rings is 1. The third-order valence-electron chi connectivity index (χ3n) is 2.01. The number of hydrogen-bond donors (Lipinski definition) is 1. The van der Waals surface area contributed by atoms with Crippen LogP contribution in [-0.2, 0) is 6.54 Å². The summed E-state index contributed by atoms with van der Waals surface area (Å²) < 4.78 is 0. The fraction of sp³-hybridized carbons (Fsp3) is 0.182. The Morgan fingerprint density at radius 3 is 3.06 bits per heavy atom. The fourth-order valence-electron chi connectivity index (χ4n) is 1.33. The highest BCUT2D eigenvalue weighted by atomic mass is 32.1. The van der Waals surface area contributed by atoms with Crippen LogP contribution in [0.15, 0.2) is 23.8 Å². The van der Waals surface area contributed by atoms with Gasteiger partial charge in [0.1, 0.15) is 5.82 Å². The second-order valence-electron chi connectivity index (χ2n) is 3.32. The molecule has 80 valence electrons. The molecule has 0 atom stereocenters. The SMILES string of the molecule is Cc1cc(C#N)cc(NCc2cncs2)n1. The number of nitrogens with one attached hydrogen (secondary N) is 1. The second-order valence-corrected chi connectivity index (χ2v) is 4.29. The maximum Gasteiger partial charge on any atom is 0.127 e. The van der Waals surface area contributed by atoms with Gasteiger partial charge in [0.2, 0.25) is 0 Å². The van der Waals surface area contributed by atoms with E-state index in [2.05, 4.69) is 21.4 Å². The van der Waals surface area contributed by atoms with E-state index >= 15 is 0 Å². The quantitative estimate of drug-likeness (QED) is 0.879. The first kappa shape index (κ1) is 10.6. The molecule has 0 saturated carbocycles. The molecule has 16 heavy (non-hydrogen) atoms. The first-order chi connectivity index (χ1) is 7.78. The van der Waals surface area contributed by atoms with Gasteiger partial charge in [-0.1, -0.05) is 0 Å². The van der Waals surface area contributed by atoms with Crippen molar-refractivity contribution in [2.45, 2.75) is 13.5 Å². The van der Waals surface area contributed by atoms with Crippen LogP contribution in [0.2, 0.25) is 0 Å². The molecule has 1 N–H and O–H groups in total. The van der Waals surface area contributed by atoms with Crippen LogP contribution in [0.5, 0.6) is 0 Å². The van der Waals surface area contributed by atoms with Gasteiger partial charge in [-0.2, -0.15) is 5.26 Å². The largest absolute Gasteiger partial charge is 0.365 e. The highest BCUT2D eigenvalue weighted by molar-refractivity contribution is 7.09. The Morgan fingerprint density at radius 2 is 2.38 bits per heavy atom. The van der Waals surface area contributed by atoms with Gasteiger partial charge in [-0.05, 0) is 19.1 Å². The first-order valence-electron chi connectivity index (χ1n) is 4.78. The number of nitrogens with zero attached hydrogens (tertiary/aromatic N) is 3. The molecule has 0 aliphatic rings. The summed E-state index contributed by atoms with van der Waals surface area (Å²) in [5.74, 6) is 0.727. The van der Waals surface area contributed by atoms with Crippen molar-refractivity contribution in [3.05, 3.63) is 40.0 Å². The minimum absolute atomic E-state index is 0.624. The van der Waals surface area contributed by atoms with Crippen LogP contribution in [0.25, 0.3) is 0 Å². The molecule has 0 unspecified atom stereocenters. The van der Waals surface area contributed by atoms with E-state index in [-0.39, 0.29) is 0 Å². The highest BCUT2D eigenvalue weighted by Crippen LogP contribution is 2.12. The molecule has 2 aromatic rings. The lowest BCUT2D eigenvalue weighted by atomic mass is 10.2. The second kappa shape index (κ2) is 4.73. The summed E-state index contributed by atoms with van der Waals surface area (Å²) in [6.07, 6.45) is 1.82. The van der Waals surface area contributed by atoms with Crippen molar-refractivity contribution in [3.63, 3.8) is 0 Å². The molecule has 0 aromatic carbocycles. The molecule has 0 aliphatic carbocycles. The number of pyridine rings is 1. The Hall–Kier alpha value is -1.93. The van der Waals surface area contributed by atoms with Crippen LogP contribution < -0.4 is 5.32 Å². The van der Waals surface area contributed by atoms with E-state index in [0.717, 1.165) is 16.4 Å². The Kier molecular flexibility index (Phi) is 3.13. The zero-order chi connectivity index (χ0) is 11.4. The molecule has 2 aromatic heterocycles. The molecule has 0 radical (unpaired) electrons. The van der Waals surface area contributed by atoms with E-state index in [9.17, 15) is 0 Å². The number of aromatic nitrogens is 2. The number of hydrogen-bond acceptors (Lipinski definition) is 5. The summed E-state index contributed by atoms with van der Waals surface area (Å²) in [5.41, 5.74) is 3.26. The maximum absolute atomic E-state index is 8.83. The van der Waals surface area contributed by atoms with Gasteiger partial charge in [0.15, 0.2) is 0 Å². The third kappa shape index (κ3) is 2.55. The Bertz CT molecular complexity index is 513. The molecule has 0 bridgehead atoms. The molecule has 0 spiro atoms. The zero-order valence-electron chi connectivity index (χ0n) is 8.77. The number of anilines is 1. The first-order valence-corrected chi connectivity index (χ1v) is 5.66. The minimum Gasteiger partial charge on any atom is -0.365 e. The van der Waals surface area contributed by atoms with Gasteiger partial charge in [0.05, 0.1) is 23.7 Å². The molecule has 0 aliphatic heterocycles. The average molecular weight is 230 g/mol. The van der Waals surface area contributed by atoms with Crippen molar-refractivity contribution in [2.75, 3.05) is 5.32 Å². The van der Waals surface area contributed by atoms with Crippen molar-refractivity contribution in [3.8, 4) is 6.07 Å². The van der Waals surface area contributed by atoms with E-state index in [4.69, 9.17) is 5.26 Å². The lowest BCUT2D eigenvalue weighted by Gasteiger charge is -2.04. The predicted octanol–water partition coefficient (Wildman–Crippen LogP) is 2.33. The van der Waals surface area contributed by atoms with E-state index in [1.807, 2.05) is 13.1 Å². The monoisotopic (exact) mass is 230 g/mol. The lowest BCUT2D eigenvalue weighted by Crippen LogP contribution is -2.01. The molecular formula is C11H10N4S. The lowest BCUT2D eigenvalue weighted by molar-refractivity contribution is 1.10. The molecule has 2 heterocycles. The summed E-state index contributed by atoms with van der Waals surface area (Å²) in [5, 5.41) is 12.0. The maximum atomic E-state index is 8.83. The van der Waals surface area contributed by atoms with E-state index < -0.39 is 0 Å². The van der Waals surface area contributed by atoms with Crippen LogP contribution in [0.4, 0.5) is 5.82 Å². The van der Waals surface area contributed by atoms with Crippen LogP contribution in [0.3, 0.4) is 0 Å². The summed E-state index contributed by atoms with van der Waals surface area (Å²) in [6, 6.07) is 5.62. The Labute approximate surface area is 97.6 Å². The van der Waals surface area contributed by atoms with Crippen molar-refractivity contribution >= 4 is 17.2 Å². The number of nitriles is 1. The smallest absolute Gasteiger partial charge is 0.127 e. The van der Waals surface area contributed by atoms with Crippen LogP contribution in [0.1, 0.15) is 16.1 Å². The Morgan fingerprint density at radius 1 is 1.50 bits per heavy atom. The fourth-order valence-corrected chi connectivity index (χ4v) is 1.87. The van der Waals surface area contributed by atoms with Crippen molar-refractivity contribution < 1.29 is 0 Å². The van der Waals surface area contributed by atoms with Gasteiger partial charge < -0.3 is 5.32 Å². The van der Waals surface area contributed by atoms with E-state index in [0.29, 0.717) is 12.1 Å². The number of aryl methyl sites for hydroxylation is 1. The van der Waals surface area contributed by atoms with Crippen molar-refractivity contribution in [1.29, 1.82) is 5.26 Å². The van der Waals surface area contributed by atoms with Gasteiger partial charge in [-0.25, -0.2) is 4.98 Å². The Balaban J connectivity index is 2.10.